The van der Waals surface area contributed by atoms with Gasteiger partial charge in [-0.3, -0.25) is 14.2 Å². The fourth-order valence-electron chi connectivity index (χ4n) is 3.63. The number of carbonyl (C=O) groups excluding carboxylic acids is 1. The number of nitrogens with zero attached hydrogens (tertiary/aromatic N) is 3. The first-order valence-corrected chi connectivity index (χ1v) is 10.1. The standard InChI is InChI=1S/C22H21N3O2S/c1-4-25-14(2)10-17(15(25)3)19(26)12-24-13-23-21-18(22(24)27)11-20(28-21)16-8-6-5-7-9-16/h5-11,13H,4,12H2,1-3H3. The normalized spacial score (nSPS) is 11.2. The fourth-order valence-corrected chi connectivity index (χ4v) is 4.62. The van der Waals surface area contributed by atoms with Gasteiger partial charge in [0, 0.05) is 28.4 Å². The van der Waals surface area contributed by atoms with E-state index in [1.54, 1.807) is 0 Å². The summed E-state index contributed by atoms with van der Waals surface area (Å²) in [7, 11) is 0. The lowest BCUT2D eigenvalue weighted by atomic mass is 10.1. The maximum absolute atomic E-state index is 12.9. The first kappa shape index (κ1) is 18.4. The summed E-state index contributed by atoms with van der Waals surface area (Å²) in [5.74, 6) is -0.0745. The zero-order valence-corrected chi connectivity index (χ0v) is 16.9. The first-order valence-electron chi connectivity index (χ1n) is 9.24. The molecule has 6 heteroatoms. The molecular weight excluding hydrogens is 370 g/mol. The summed E-state index contributed by atoms with van der Waals surface area (Å²) < 4.78 is 3.51. The van der Waals surface area contributed by atoms with E-state index in [9.17, 15) is 9.59 Å². The van der Waals surface area contributed by atoms with Crippen LogP contribution in [0.1, 0.15) is 28.7 Å². The molecule has 0 saturated heterocycles. The van der Waals surface area contributed by atoms with Crippen LogP contribution in [0, 0.1) is 13.8 Å². The second-order valence-electron chi connectivity index (χ2n) is 6.83. The number of fused-ring (bicyclic) bond motifs is 1. The van der Waals surface area contributed by atoms with Crippen molar-refractivity contribution in [2.45, 2.75) is 33.9 Å². The Kier molecular flexibility index (Phi) is 4.73. The Morgan fingerprint density at radius 3 is 2.57 bits per heavy atom. The molecule has 0 unspecified atom stereocenters. The van der Waals surface area contributed by atoms with Crippen LogP contribution in [0.4, 0.5) is 0 Å². The van der Waals surface area contributed by atoms with E-state index >= 15 is 0 Å². The lowest BCUT2D eigenvalue weighted by molar-refractivity contribution is 0.0970. The molecule has 1 aromatic carbocycles. The van der Waals surface area contributed by atoms with E-state index in [4.69, 9.17) is 0 Å². The van der Waals surface area contributed by atoms with E-state index < -0.39 is 0 Å². The number of thiophene rings is 1. The molecule has 0 amide bonds. The van der Waals surface area contributed by atoms with Gasteiger partial charge in [0.05, 0.1) is 18.3 Å². The molecule has 3 aromatic heterocycles. The Hall–Kier alpha value is -2.99. The maximum Gasteiger partial charge on any atom is 0.262 e. The van der Waals surface area contributed by atoms with Crippen LogP contribution < -0.4 is 5.56 Å². The van der Waals surface area contributed by atoms with E-state index in [0.29, 0.717) is 15.8 Å². The monoisotopic (exact) mass is 391 g/mol. The molecule has 0 aliphatic rings. The molecule has 0 N–H and O–H groups in total. The van der Waals surface area contributed by atoms with Crippen molar-refractivity contribution in [1.82, 2.24) is 14.1 Å². The number of rotatable bonds is 5. The van der Waals surface area contributed by atoms with Crippen LogP contribution in [0.3, 0.4) is 0 Å². The van der Waals surface area contributed by atoms with Gasteiger partial charge in [-0.15, -0.1) is 11.3 Å². The first-order chi connectivity index (χ1) is 13.5. The number of aromatic nitrogens is 3. The van der Waals surface area contributed by atoms with Crippen molar-refractivity contribution >= 4 is 27.3 Å². The number of aryl methyl sites for hydroxylation is 1. The van der Waals surface area contributed by atoms with Gasteiger partial charge in [-0.1, -0.05) is 30.3 Å². The van der Waals surface area contributed by atoms with Gasteiger partial charge in [-0.25, -0.2) is 4.98 Å². The van der Waals surface area contributed by atoms with Gasteiger partial charge in [0.1, 0.15) is 4.83 Å². The summed E-state index contributed by atoms with van der Waals surface area (Å²) in [6.07, 6.45) is 1.48. The number of carbonyl (C=O) groups is 1. The second-order valence-corrected chi connectivity index (χ2v) is 7.86. The molecule has 0 aliphatic heterocycles. The molecule has 0 spiro atoms. The fraction of sp³-hybridized carbons (Fsp3) is 0.227. The summed E-state index contributed by atoms with van der Waals surface area (Å²) >= 11 is 1.49. The van der Waals surface area contributed by atoms with Crippen molar-refractivity contribution in [3.63, 3.8) is 0 Å². The Balaban J connectivity index is 1.69. The van der Waals surface area contributed by atoms with Crippen molar-refractivity contribution < 1.29 is 4.79 Å². The summed E-state index contributed by atoms with van der Waals surface area (Å²) in [6, 6.07) is 13.7. The van der Waals surface area contributed by atoms with Gasteiger partial charge in [-0.2, -0.15) is 0 Å². The zero-order valence-electron chi connectivity index (χ0n) is 16.1. The molecule has 0 fully saturated rings. The molecule has 4 aromatic rings. The largest absolute Gasteiger partial charge is 0.349 e. The lowest BCUT2D eigenvalue weighted by Crippen LogP contribution is -2.24. The molecule has 0 saturated carbocycles. The van der Waals surface area contributed by atoms with E-state index in [1.807, 2.05) is 56.3 Å². The second kappa shape index (κ2) is 7.20. The zero-order chi connectivity index (χ0) is 19.8. The highest BCUT2D eigenvalue weighted by molar-refractivity contribution is 7.21. The van der Waals surface area contributed by atoms with Crippen LogP contribution in [0.15, 0.2) is 53.6 Å². The van der Waals surface area contributed by atoms with Crippen molar-refractivity contribution in [2.75, 3.05) is 0 Å². The molecule has 4 rings (SSSR count). The predicted molar refractivity (Wildman–Crippen MR) is 113 cm³/mol. The third kappa shape index (κ3) is 3.10. The number of hydrogen-bond donors (Lipinski definition) is 0. The average Bonchev–Trinajstić information content (AvgIpc) is 3.26. The number of Topliss-reactive ketones (excluding diaryl/α,β-unsaturated/α-hetero) is 1. The quantitative estimate of drug-likeness (QED) is 0.473. The van der Waals surface area contributed by atoms with Gasteiger partial charge in [-0.05, 0) is 38.5 Å². The van der Waals surface area contributed by atoms with Crippen molar-refractivity contribution in [1.29, 1.82) is 0 Å². The summed E-state index contributed by atoms with van der Waals surface area (Å²) in [5, 5.41) is 0.554. The lowest BCUT2D eigenvalue weighted by Gasteiger charge is -2.07. The summed E-state index contributed by atoms with van der Waals surface area (Å²) in [4.78, 5) is 31.9. The molecule has 142 valence electrons. The average molecular weight is 391 g/mol. The van der Waals surface area contributed by atoms with Gasteiger partial charge >= 0.3 is 0 Å². The van der Waals surface area contributed by atoms with Crippen molar-refractivity contribution in [3.8, 4) is 10.4 Å². The van der Waals surface area contributed by atoms with Gasteiger partial charge in [0.25, 0.3) is 5.56 Å². The van der Waals surface area contributed by atoms with Gasteiger partial charge in [0.15, 0.2) is 5.78 Å². The minimum absolute atomic E-state index is 0.00764. The summed E-state index contributed by atoms with van der Waals surface area (Å²) in [5.41, 5.74) is 3.53. The highest BCUT2D eigenvalue weighted by Crippen LogP contribution is 2.30. The Bertz CT molecular complexity index is 1230. The molecule has 0 aliphatic carbocycles. The minimum Gasteiger partial charge on any atom is -0.349 e. The van der Waals surface area contributed by atoms with E-state index in [2.05, 4.69) is 16.5 Å². The predicted octanol–water partition coefficient (Wildman–Crippen LogP) is 4.45. The van der Waals surface area contributed by atoms with Crippen LogP contribution in [0.5, 0.6) is 0 Å². The number of ketones is 1. The Labute approximate surface area is 166 Å². The number of hydrogen-bond acceptors (Lipinski definition) is 4. The van der Waals surface area contributed by atoms with Gasteiger partial charge < -0.3 is 4.57 Å². The van der Waals surface area contributed by atoms with Gasteiger partial charge in [0.2, 0.25) is 0 Å². The molecule has 28 heavy (non-hydrogen) atoms. The topological polar surface area (TPSA) is 56.9 Å². The van der Waals surface area contributed by atoms with Crippen LogP contribution in [0.25, 0.3) is 20.7 Å². The van der Waals surface area contributed by atoms with E-state index in [-0.39, 0.29) is 17.9 Å². The highest BCUT2D eigenvalue weighted by Gasteiger charge is 2.17. The van der Waals surface area contributed by atoms with Crippen molar-refractivity contribution in [3.05, 3.63) is 76.1 Å². The Morgan fingerprint density at radius 2 is 1.89 bits per heavy atom. The van der Waals surface area contributed by atoms with Crippen molar-refractivity contribution in [2.24, 2.45) is 0 Å². The van der Waals surface area contributed by atoms with E-state index in [0.717, 1.165) is 28.4 Å². The highest BCUT2D eigenvalue weighted by atomic mass is 32.1. The minimum atomic E-state index is -0.180. The maximum atomic E-state index is 12.9. The van der Waals surface area contributed by atoms with Crippen LogP contribution >= 0.6 is 11.3 Å². The molecule has 0 radical (unpaired) electrons. The summed E-state index contributed by atoms with van der Waals surface area (Å²) in [6.45, 7) is 6.79. The third-order valence-corrected chi connectivity index (χ3v) is 6.17. The SMILES string of the molecule is CCn1c(C)cc(C(=O)Cn2cnc3sc(-c4ccccc4)cc3c2=O)c1C. The third-order valence-electron chi connectivity index (χ3n) is 5.08. The molecule has 3 heterocycles. The van der Waals surface area contributed by atoms with Crippen LogP contribution in [0.2, 0.25) is 0 Å². The van der Waals surface area contributed by atoms with Crippen LogP contribution in [-0.4, -0.2) is 19.9 Å². The molecule has 0 atom stereocenters. The Morgan fingerprint density at radius 1 is 1.14 bits per heavy atom. The molecule has 5 nitrogen and oxygen atoms in total. The molecule has 0 bridgehead atoms. The number of benzene rings is 1. The van der Waals surface area contributed by atoms with E-state index in [1.165, 1.54) is 22.2 Å². The van der Waals surface area contributed by atoms with Crippen LogP contribution in [-0.2, 0) is 13.1 Å². The smallest absolute Gasteiger partial charge is 0.262 e. The molecular formula is C22H21N3O2S.